The predicted octanol–water partition coefficient (Wildman–Crippen LogP) is 1.39. The highest BCUT2D eigenvalue weighted by atomic mass is 35.5. The Kier molecular flexibility index (Phi) is 3.76. The van der Waals surface area contributed by atoms with Crippen LogP contribution in [0.4, 0.5) is 5.69 Å². The van der Waals surface area contributed by atoms with Gasteiger partial charge in [-0.3, -0.25) is 10.1 Å². The fourth-order valence-electron chi connectivity index (χ4n) is 2.10. The van der Waals surface area contributed by atoms with Gasteiger partial charge in [-0.1, -0.05) is 11.6 Å². The lowest BCUT2D eigenvalue weighted by Crippen LogP contribution is -2.34. The van der Waals surface area contributed by atoms with Crippen molar-refractivity contribution in [3.8, 4) is 0 Å². The minimum atomic E-state index is -4.03. The van der Waals surface area contributed by atoms with E-state index in [1.54, 1.807) is 0 Å². The van der Waals surface area contributed by atoms with Gasteiger partial charge in [0.1, 0.15) is 0 Å². The summed E-state index contributed by atoms with van der Waals surface area (Å²) in [4.78, 5) is 9.78. The van der Waals surface area contributed by atoms with E-state index in [0.717, 1.165) is 16.4 Å². The van der Waals surface area contributed by atoms with Gasteiger partial charge in [0.15, 0.2) is 4.90 Å². The lowest BCUT2D eigenvalue weighted by atomic mass is 10.1. The molecule has 0 spiro atoms. The Labute approximate surface area is 121 Å². The van der Waals surface area contributed by atoms with Gasteiger partial charge in [0.2, 0.25) is 10.0 Å². The van der Waals surface area contributed by atoms with E-state index >= 15 is 0 Å². The molecule has 1 heterocycles. The van der Waals surface area contributed by atoms with E-state index in [9.17, 15) is 23.6 Å². The first-order chi connectivity index (χ1) is 9.13. The number of aliphatic hydroxyl groups is 1. The molecule has 0 saturated carbocycles. The summed E-state index contributed by atoms with van der Waals surface area (Å²) in [6, 6.07) is 3.40. The summed E-state index contributed by atoms with van der Waals surface area (Å²) in [5.41, 5.74) is -1.68. The first-order valence-corrected chi connectivity index (χ1v) is 7.62. The van der Waals surface area contributed by atoms with Crippen LogP contribution in [0.2, 0.25) is 5.02 Å². The van der Waals surface area contributed by atoms with E-state index in [4.69, 9.17) is 11.6 Å². The summed E-state index contributed by atoms with van der Waals surface area (Å²) in [7, 11) is -4.03. The van der Waals surface area contributed by atoms with Crippen LogP contribution < -0.4 is 0 Å². The number of nitrogens with zero attached hydrogens (tertiary/aromatic N) is 2. The van der Waals surface area contributed by atoms with Crippen molar-refractivity contribution in [1.82, 2.24) is 4.31 Å². The fraction of sp³-hybridized carbons (Fsp3) is 0.455. The van der Waals surface area contributed by atoms with Gasteiger partial charge in [-0.25, -0.2) is 8.42 Å². The van der Waals surface area contributed by atoms with Crippen molar-refractivity contribution in [2.24, 2.45) is 0 Å². The van der Waals surface area contributed by atoms with Crippen LogP contribution in [0.1, 0.15) is 13.3 Å². The quantitative estimate of drug-likeness (QED) is 0.670. The maximum atomic E-state index is 12.4. The van der Waals surface area contributed by atoms with Crippen LogP contribution in [0.3, 0.4) is 0 Å². The molecule has 7 nitrogen and oxygen atoms in total. The van der Waals surface area contributed by atoms with Gasteiger partial charge in [0.25, 0.3) is 5.69 Å². The van der Waals surface area contributed by atoms with Gasteiger partial charge in [0.05, 0.1) is 10.5 Å². The van der Waals surface area contributed by atoms with Crippen molar-refractivity contribution in [2.75, 3.05) is 13.1 Å². The Bertz CT molecular complexity index is 659. The van der Waals surface area contributed by atoms with Crippen LogP contribution in [0.5, 0.6) is 0 Å². The van der Waals surface area contributed by atoms with E-state index in [0.29, 0.717) is 0 Å². The summed E-state index contributed by atoms with van der Waals surface area (Å²) in [6.45, 7) is 1.56. The standard InChI is InChI=1S/C11H13ClN2O5S/c1-11(15)4-5-13(7-11)20(18,19)10-3-2-8(12)6-9(10)14(16)17/h2-3,6,15H,4-5,7H2,1H3. The normalized spacial score (nSPS) is 23.9. The van der Waals surface area contributed by atoms with Crippen molar-refractivity contribution in [1.29, 1.82) is 0 Å². The summed E-state index contributed by atoms with van der Waals surface area (Å²) in [6.07, 6.45) is 0.285. The third-order valence-corrected chi connectivity index (χ3v) is 5.28. The maximum absolute atomic E-state index is 12.4. The minimum absolute atomic E-state index is 0.0871. The topological polar surface area (TPSA) is 101 Å². The third-order valence-electron chi connectivity index (χ3n) is 3.15. The first kappa shape index (κ1) is 15.2. The van der Waals surface area contributed by atoms with E-state index in [2.05, 4.69) is 0 Å². The summed E-state index contributed by atoms with van der Waals surface area (Å²) in [5, 5.41) is 20.9. The molecule has 1 aliphatic heterocycles. The number of sulfonamides is 1. The van der Waals surface area contributed by atoms with Crippen molar-refractivity contribution in [3.63, 3.8) is 0 Å². The lowest BCUT2D eigenvalue weighted by Gasteiger charge is -2.18. The second kappa shape index (κ2) is 4.96. The van der Waals surface area contributed by atoms with Crippen LogP contribution >= 0.6 is 11.6 Å². The van der Waals surface area contributed by atoms with E-state index < -0.39 is 31.1 Å². The number of β-amino-alcohol motifs (C(OH)–C–C–N with tert-alkyl or cyclic N) is 1. The van der Waals surface area contributed by atoms with Crippen molar-refractivity contribution >= 4 is 27.3 Å². The second-order valence-corrected chi connectivity index (χ2v) is 7.30. The van der Waals surface area contributed by atoms with Crippen molar-refractivity contribution in [3.05, 3.63) is 33.3 Å². The molecular formula is C11H13ClN2O5S. The number of hydrogen-bond acceptors (Lipinski definition) is 5. The molecule has 2 rings (SSSR count). The van der Waals surface area contributed by atoms with Gasteiger partial charge in [-0.15, -0.1) is 0 Å². The average molecular weight is 321 g/mol. The number of rotatable bonds is 3. The molecule has 1 saturated heterocycles. The van der Waals surface area contributed by atoms with Gasteiger partial charge in [-0.2, -0.15) is 4.31 Å². The number of halogens is 1. The Hall–Kier alpha value is -1.22. The predicted molar refractivity (Wildman–Crippen MR) is 72.1 cm³/mol. The third kappa shape index (κ3) is 2.78. The zero-order chi connectivity index (χ0) is 15.1. The molecule has 0 aliphatic carbocycles. The summed E-state index contributed by atoms with van der Waals surface area (Å²) < 4.78 is 25.9. The molecule has 110 valence electrons. The van der Waals surface area contributed by atoms with Crippen LogP contribution in [0, 0.1) is 10.1 Å². The molecule has 9 heteroatoms. The van der Waals surface area contributed by atoms with Gasteiger partial charge in [0, 0.05) is 24.2 Å². The monoisotopic (exact) mass is 320 g/mol. The molecule has 1 aromatic rings. The molecule has 0 radical (unpaired) electrons. The molecule has 0 aromatic heterocycles. The zero-order valence-electron chi connectivity index (χ0n) is 10.6. The Balaban J connectivity index is 2.48. The first-order valence-electron chi connectivity index (χ1n) is 5.80. The highest BCUT2D eigenvalue weighted by molar-refractivity contribution is 7.89. The average Bonchev–Trinajstić information content (AvgIpc) is 2.70. The van der Waals surface area contributed by atoms with E-state index in [1.807, 2.05) is 0 Å². The Morgan fingerprint density at radius 3 is 2.65 bits per heavy atom. The number of benzene rings is 1. The zero-order valence-corrected chi connectivity index (χ0v) is 12.2. The summed E-state index contributed by atoms with van der Waals surface area (Å²) in [5.74, 6) is 0. The van der Waals surface area contributed by atoms with Crippen molar-refractivity contribution in [2.45, 2.75) is 23.8 Å². The molecule has 20 heavy (non-hydrogen) atoms. The van der Waals surface area contributed by atoms with Crippen molar-refractivity contribution < 1.29 is 18.4 Å². The SMILES string of the molecule is CC1(O)CCN(S(=O)(=O)c2ccc(Cl)cc2[N+](=O)[O-])C1. The van der Waals surface area contributed by atoms with Crippen LogP contribution in [0.25, 0.3) is 0 Å². The highest BCUT2D eigenvalue weighted by Crippen LogP contribution is 2.32. The van der Waals surface area contributed by atoms with E-state index in [1.165, 1.54) is 13.0 Å². The number of nitro benzene ring substituents is 1. The fourth-order valence-corrected chi connectivity index (χ4v) is 3.96. The Morgan fingerprint density at radius 1 is 1.50 bits per heavy atom. The molecule has 0 amide bonds. The lowest BCUT2D eigenvalue weighted by molar-refractivity contribution is -0.387. The molecule has 1 unspecified atom stereocenters. The largest absolute Gasteiger partial charge is 0.389 e. The number of nitro groups is 1. The van der Waals surface area contributed by atoms with Gasteiger partial charge < -0.3 is 5.11 Å². The van der Waals surface area contributed by atoms with Gasteiger partial charge in [-0.05, 0) is 25.5 Å². The van der Waals surface area contributed by atoms with Crippen LogP contribution in [0.15, 0.2) is 23.1 Å². The smallest absolute Gasteiger partial charge is 0.290 e. The molecule has 0 bridgehead atoms. The van der Waals surface area contributed by atoms with Crippen LogP contribution in [-0.4, -0.2) is 41.4 Å². The van der Waals surface area contributed by atoms with Crippen LogP contribution in [-0.2, 0) is 10.0 Å². The molecule has 1 N–H and O–H groups in total. The number of hydrogen-bond donors (Lipinski definition) is 1. The summed E-state index contributed by atoms with van der Waals surface area (Å²) >= 11 is 5.66. The molecular weight excluding hydrogens is 308 g/mol. The molecule has 1 aromatic carbocycles. The highest BCUT2D eigenvalue weighted by Gasteiger charge is 2.40. The van der Waals surface area contributed by atoms with E-state index in [-0.39, 0.29) is 24.5 Å². The molecule has 1 aliphatic rings. The maximum Gasteiger partial charge on any atom is 0.290 e. The molecule has 1 atom stereocenters. The Morgan fingerprint density at radius 2 is 2.15 bits per heavy atom. The minimum Gasteiger partial charge on any atom is -0.389 e. The second-order valence-electron chi connectivity index (χ2n) is 4.95. The van der Waals surface area contributed by atoms with Gasteiger partial charge >= 0.3 is 0 Å². The molecule has 1 fully saturated rings.